The van der Waals surface area contributed by atoms with E-state index in [1.807, 2.05) is 0 Å². The minimum atomic E-state index is -3.31. The molecule has 1 saturated heterocycles. The zero-order valence-corrected chi connectivity index (χ0v) is 19.4. The van der Waals surface area contributed by atoms with Crippen LogP contribution >= 0.6 is 0 Å². The van der Waals surface area contributed by atoms with Gasteiger partial charge in [-0.1, -0.05) is 31.2 Å². The smallest absolute Gasteiger partial charge is 0.322 e. The van der Waals surface area contributed by atoms with Crippen LogP contribution in [-0.2, 0) is 14.3 Å². The van der Waals surface area contributed by atoms with Crippen LogP contribution in [0.15, 0.2) is 48.7 Å². The highest BCUT2D eigenvalue weighted by Crippen LogP contribution is 2.59. The summed E-state index contributed by atoms with van der Waals surface area (Å²) in [6.07, 6.45) is 3.02. The second kappa shape index (κ2) is 9.45. The maximum atomic E-state index is 15.2. The number of alkyl halides is 2. The van der Waals surface area contributed by atoms with E-state index in [9.17, 15) is 14.0 Å². The molecule has 1 aromatic heterocycles. The molecule has 1 amide bonds. The van der Waals surface area contributed by atoms with Gasteiger partial charge in [0.05, 0.1) is 12.3 Å². The predicted octanol–water partition coefficient (Wildman–Crippen LogP) is 3.85. The zero-order valence-electron chi connectivity index (χ0n) is 19.4. The Balaban J connectivity index is 1.66. The number of cyclic esters (lactones) is 1. The van der Waals surface area contributed by atoms with Crippen LogP contribution in [0.1, 0.15) is 26.0 Å². The molecule has 1 saturated carbocycles. The third-order valence-corrected chi connectivity index (χ3v) is 7.14. The molecule has 0 bridgehead atoms. The van der Waals surface area contributed by atoms with Crippen LogP contribution in [0.25, 0.3) is 17.2 Å². The monoisotopic (exact) mass is 488 g/mol. The van der Waals surface area contributed by atoms with Gasteiger partial charge in [-0.05, 0) is 42.7 Å². The molecule has 2 aliphatic rings. The number of hydrogen-bond acceptors (Lipinski definition) is 5. The van der Waals surface area contributed by atoms with E-state index in [0.717, 1.165) is 0 Å². The fourth-order valence-electron chi connectivity index (χ4n) is 5.33. The Morgan fingerprint density at radius 2 is 2.03 bits per heavy atom. The van der Waals surface area contributed by atoms with Gasteiger partial charge in [0.15, 0.2) is 5.41 Å². The van der Waals surface area contributed by atoms with Crippen molar-refractivity contribution in [3.05, 3.63) is 60.2 Å². The van der Waals surface area contributed by atoms with E-state index in [1.54, 1.807) is 49.5 Å². The summed E-state index contributed by atoms with van der Waals surface area (Å²) in [7, 11) is 0. The number of aromatic nitrogens is 1. The molecule has 2 heterocycles. The molecule has 2 N–H and O–H groups in total. The van der Waals surface area contributed by atoms with Crippen LogP contribution < -0.4 is 5.32 Å². The molecular formula is C26H27F3N2O4. The van der Waals surface area contributed by atoms with Gasteiger partial charge in [-0.3, -0.25) is 14.6 Å². The average Bonchev–Trinajstić information content (AvgIpc) is 3.07. The third-order valence-electron chi connectivity index (χ3n) is 7.14. The van der Waals surface area contributed by atoms with Crippen LogP contribution in [0.4, 0.5) is 13.2 Å². The van der Waals surface area contributed by atoms with Crippen molar-refractivity contribution in [1.29, 1.82) is 0 Å². The molecule has 5 atom stereocenters. The van der Waals surface area contributed by atoms with Gasteiger partial charge in [0.2, 0.25) is 5.91 Å². The highest BCUT2D eigenvalue weighted by molar-refractivity contribution is 6.05. The van der Waals surface area contributed by atoms with Crippen LogP contribution in [0.5, 0.6) is 0 Å². The molecule has 4 rings (SSSR count). The molecule has 9 heteroatoms. The normalized spacial score (nSPS) is 29.6. The lowest BCUT2D eigenvalue weighted by Gasteiger charge is -2.46. The minimum absolute atomic E-state index is 0.155. The van der Waals surface area contributed by atoms with Crippen LogP contribution in [-0.4, -0.2) is 47.1 Å². The summed E-state index contributed by atoms with van der Waals surface area (Å²) in [5.74, 6) is -8.32. The number of aliphatic hydroxyl groups is 1. The molecule has 1 aromatic carbocycles. The first kappa shape index (κ1) is 24.9. The molecule has 35 heavy (non-hydrogen) atoms. The number of benzene rings is 1. The molecule has 186 valence electrons. The quantitative estimate of drug-likeness (QED) is 0.477. The first-order valence-corrected chi connectivity index (χ1v) is 11.5. The number of esters is 1. The molecule has 1 aliphatic heterocycles. The van der Waals surface area contributed by atoms with E-state index < -0.39 is 53.5 Å². The highest BCUT2D eigenvalue weighted by Gasteiger charge is 2.71. The molecule has 1 unspecified atom stereocenters. The molecule has 2 aromatic rings. The number of aliphatic hydroxyl groups excluding tert-OH is 1. The second-order valence-corrected chi connectivity index (χ2v) is 9.23. The molecule has 2 fully saturated rings. The number of carbonyl (C=O) groups excluding carboxylic acids is 2. The summed E-state index contributed by atoms with van der Waals surface area (Å²) in [6.45, 7) is 2.47. The Bertz CT molecular complexity index is 1140. The first-order chi connectivity index (χ1) is 16.6. The maximum Gasteiger partial charge on any atom is 0.322 e. The Morgan fingerprint density at radius 3 is 2.69 bits per heavy atom. The summed E-state index contributed by atoms with van der Waals surface area (Å²) in [6, 6.07) is 9.51. The van der Waals surface area contributed by atoms with Gasteiger partial charge in [0, 0.05) is 36.6 Å². The number of rotatable bonds is 6. The van der Waals surface area contributed by atoms with Crippen LogP contribution in [0.2, 0.25) is 0 Å². The Labute approximate surface area is 201 Å². The minimum Gasteiger partial charge on any atom is -0.461 e. The SMILES string of the molecule is C[C@H]1OC(=O)[C@]2(C(=O)NCCO)CC(F)(F)[C@@H](C)[C@H](/C=C/c3ccc(-c4cccc(F)c4)cn3)C12. The van der Waals surface area contributed by atoms with E-state index in [2.05, 4.69) is 10.3 Å². The number of allylic oxidation sites excluding steroid dienone is 1. The number of pyridine rings is 1. The third kappa shape index (κ3) is 4.45. The first-order valence-electron chi connectivity index (χ1n) is 11.5. The summed E-state index contributed by atoms with van der Waals surface area (Å²) < 4.78 is 49.2. The number of fused-ring (bicyclic) bond motifs is 1. The number of nitrogens with zero attached hydrogens (tertiary/aromatic N) is 1. The number of hydrogen-bond donors (Lipinski definition) is 2. The van der Waals surface area contributed by atoms with E-state index in [4.69, 9.17) is 9.84 Å². The van der Waals surface area contributed by atoms with Crippen LogP contribution in [0.3, 0.4) is 0 Å². The Kier molecular flexibility index (Phi) is 6.73. The van der Waals surface area contributed by atoms with Crippen molar-refractivity contribution in [3.63, 3.8) is 0 Å². The standard InChI is InChI=1S/C26H27F3N2O4/c1-15-21(9-8-20-7-6-18(13-31-20)17-4-3-5-19(27)12-17)22-16(2)35-24(34)25(22,14-26(15,28)29)23(33)30-10-11-32/h3-9,12-13,15-16,21-22,32H,10-11,14H2,1-2H3,(H,30,33)/b9-8+/t15-,16+,21-,22?,25+/m0/s1. The average molecular weight is 489 g/mol. The second-order valence-electron chi connectivity index (χ2n) is 9.23. The van der Waals surface area contributed by atoms with Gasteiger partial charge in [-0.15, -0.1) is 0 Å². The van der Waals surface area contributed by atoms with Crippen molar-refractivity contribution in [2.75, 3.05) is 13.2 Å². The van der Waals surface area contributed by atoms with Crippen molar-refractivity contribution in [2.45, 2.75) is 32.3 Å². The van der Waals surface area contributed by atoms with Gasteiger partial charge >= 0.3 is 5.97 Å². The summed E-state index contributed by atoms with van der Waals surface area (Å²) in [5.41, 5.74) is -0.210. The molecular weight excluding hydrogens is 461 g/mol. The number of ether oxygens (including phenoxy) is 1. The number of amides is 1. The number of nitrogens with one attached hydrogen (secondary N) is 1. The largest absolute Gasteiger partial charge is 0.461 e. The van der Waals surface area contributed by atoms with Crippen molar-refractivity contribution in [2.24, 2.45) is 23.2 Å². The van der Waals surface area contributed by atoms with Crippen molar-refractivity contribution in [3.8, 4) is 11.1 Å². The molecule has 0 radical (unpaired) electrons. The topological polar surface area (TPSA) is 88.5 Å². The fourth-order valence-corrected chi connectivity index (χ4v) is 5.33. The van der Waals surface area contributed by atoms with Crippen LogP contribution in [0, 0.1) is 29.0 Å². The van der Waals surface area contributed by atoms with Gasteiger partial charge in [-0.2, -0.15) is 0 Å². The molecule has 1 aliphatic carbocycles. The summed E-state index contributed by atoms with van der Waals surface area (Å²) >= 11 is 0. The van der Waals surface area contributed by atoms with E-state index in [-0.39, 0.29) is 19.0 Å². The highest BCUT2D eigenvalue weighted by atomic mass is 19.3. The van der Waals surface area contributed by atoms with Crippen molar-refractivity contribution >= 4 is 18.0 Å². The predicted molar refractivity (Wildman–Crippen MR) is 122 cm³/mol. The lowest BCUT2D eigenvalue weighted by molar-refractivity contribution is -0.178. The van der Waals surface area contributed by atoms with E-state index >= 15 is 8.78 Å². The lowest BCUT2D eigenvalue weighted by Crippen LogP contribution is -2.59. The fraction of sp³-hybridized carbons (Fsp3) is 0.423. The Hall–Kier alpha value is -3.20. The van der Waals surface area contributed by atoms with E-state index in [1.165, 1.54) is 19.1 Å². The summed E-state index contributed by atoms with van der Waals surface area (Å²) in [4.78, 5) is 30.2. The van der Waals surface area contributed by atoms with Crippen molar-refractivity contribution < 1.29 is 32.6 Å². The van der Waals surface area contributed by atoms with Crippen molar-refractivity contribution in [1.82, 2.24) is 10.3 Å². The lowest BCUT2D eigenvalue weighted by atomic mass is 9.56. The van der Waals surface area contributed by atoms with E-state index in [0.29, 0.717) is 16.8 Å². The van der Waals surface area contributed by atoms with Gasteiger partial charge in [0.1, 0.15) is 11.9 Å². The molecule has 6 nitrogen and oxygen atoms in total. The van der Waals surface area contributed by atoms with Gasteiger partial charge in [0.25, 0.3) is 5.92 Å². The summed E-state index contributed by atoms with van der Waals surface area (Å²) in [5, 5.41) is 11.5. The number of halogens is 3. The molecule has 0 spiro atoms. The maximum absolute atomic E-state index is 15.2. The number of carbonyl (C=O) groups is 2. The van der Waals surface area contributed by atoms with Gasteiger partial charge < -0.3 is 15.2 Å². The Morgan fingerprint density at radius 1 is 1.26 bits per heavy atom. The zero-order chi connectivity index (χ0) is 25.4. The van der Waals surface area contributed by atoms with Gasteiger partial charge in [-0.25, -0.2) is 13.2 Å².